The molecule has 0 unspecified atom stereocenters. The highest BCUT2D eigenvalue weighted by molar-refractivity contribution is 5.94. The predicted molar refractivity (Wildman–Crippen MR) is 96.8 cm³/mol. The SMILES string of the molecule is c1ccc(-n2c3[n+](c4cn5ncccc5c42)Cc2ccccc2-3)cc1. The van der Waals surface area contributed by atoms with Crippen LogP contribution in [0.15, 0.2) is 79.1 Å². The van der Waals surface area contributed by atoms with Crippen molar-refractivity contribution in [3.63, 3.8) is 0 Å². The molecule has 5 aromatic rings. The summed E-state index contributed by atoms with van der Waals surface area (Å²) >= 11 is 0. The number of hydrogen-bond acceptors (Lipinski definition) is 1. The number of benzene rings is 2. The average Bonchev–Trinajstić information content (AvgIpc) is 3.30. The highest BCUT2D eigenvalue weighted by atomic mass is 15.3. The maximum atomic E-state index is 4.49. The van der Waals surface area contributed by atoms with E-state index in [1.807, 2.05) is 16.8 Å². The van der Waals surface area contributed by atoms with Gasteiger partial charge in [0.05, 0.1) is 11.8 Å². The molecule has 0 aliphatic carbocycles. The summed E-state index contributed by atoms with van der Waals surface area (Å²) in [6.07, 6.45) is 3.97. The minimum Gasteiger partial charge on any atom is -0.232 e. The molecule has 0 radical (unpaired) electrons. The molecule has 4 heteroatoms. The molecule has 0 bridgehead atoms. The van der Waals surface area contributed by atoms with Gasteiger partial charge in [0.15, 0.2) is 5.52 Å². The monoisotopic (exact) mass is 323 g/mol. The molecule has 4 nitrogen and oxygen atoms in total. The Labute approximate surface area is 144 Å². The van der Waals surface area contributed by atoms with Gasteiger partial charge in [0.25, 0.3) is 5.82 Å². The fourth-order valence-electron chi connectivity index (χ4n) is 4.05. The summed E-state index contributed by atoms with van der Waals surface area (Å²) in [4.78, 5) is 0. The molecule has 0 saturated heterocycles. The molecular formula is C21H15N4+. The van der Waals surface area contributed by atoms with E-state index in [2.05, 4.69) is 81.1 Å². The normalized spacial score (nSPS) is 12.6. The number of hydrogen-bond donors (Lipinski definition) is 0. The summed E-state index contributed by atoms with van der Waals surface area (Å²) in [5.41, 5.74) is 7.41. The molecule has 1 aliphatic rings. The van der Waals surface area contributed by atoms with Crippen LogP contribution in [0.4, 0.5) is 0 Å². The van der Waals surface area contributed by atoms with Gasteiger partial charge in [-0.15, -0.1) is 0 Å². The standard InChI is InChI=1S/C21H15N4/c1-2-8-16(9-3-1)25-20-18-11-6-12-22-24(18)14-19(20)23-13-15-7-4-5-10-17(15)21(23)25/h1-12,14H,13H2/q+1. The zero-order valence-electron chi connectivity index (χ0n) is 13.5. The summed E-state index contributed by atoms with van der Waals surface area (Å²) < 4.78 is 6.75. The van der Waals surface area contributed by atoms with Crippen molar-refractivity contribution in [1.29, 1.82) is 0 Å². The molecule has 0 atom stereocenters. The Kier molecular flexibility index (Phi) is 2.37. The van der Waals surface area contributed by atoms with E-state index >= 15 is 0 Å². The lowest BCUT2D eigenvalue weighted by molar-refractivity contribution is -0.645. The van der Waals surface area contributed by atoms with Crippen molar-refractivity contribution in [2.24, 2.45) is 0 Å². The summed E-state index contributed by atoms with van der Waals surface area (Å²) in [5.74, 6) is 1.25. The lowest BCUT2D eigenvalue weighted by Crippen LogP contribution is -2.31. The quantitative estimate of drug-likeness (QED) is 0.425. The van der Waals surface area contributed by atoms with E-state index in [1.165, 1.54) is 33.7 Å². The van der Waals surface area contributed by atoms with Crippen molar-refractivity contribution in [3.8, 4) is 17.1 Å². The third-order valence-electron chi connectivity index (χ3n) is 5.09. The first kappa shape index (κ1) is 13.0. The van der Waals surface area contributed by atoms with Crippen molar-refractivity contribution in [2.75, 3.05) is 0 Å². The molecule has 2 aromatic carbocycles. The van der Waals surface area contributed by atoms with Gasteiger partial charge in [-0.2, -0.15) is 9.67 Å². The first-order valence-electron chi connectivity index (χ1n) is 8.46. The molecule has 6 rings (SSSR count). The molecule has 0 saturated carbocycles. The zero-order chi connectivity index (χ0) is 16.4. The Hall–Kier alpha value is -3.40. The molecule has 0 amide bonds. The van der Waals surface area contributed by atoms with E-state index in [4.69, 9.17) is 0 Å². The van der Waals surface area contributed by atoms with Crippen molar-refractivity contribution in [2.45, 2.75) is 6.54 Å². The van der Waals surface area contributed by atoms with Gasteiger partial charge >= 0.3 is 0 Å². The molecule has 4 heterocycles. The van der Waals surface area contributed by atoms with E-state index in [1.54, 1.807) is 0 Å². The number of aromatic nitrogens is 4. The third-order valence-corrected chi connectivity index (χ3v) is 5.09. The van der Waals surface area contributed by atoms with Crippen LogP contribution in [0.1, 0.15) is 5.56 Å². The summed E-state index contributed by atoms with van der Waals surface area (Å²) in [6.45, 7) is 0.902. The Balaban J connectivity index is 1.84. The Morgan fingerprint density at radius 3 is 2.64 bits per heavy atom. The second kappa shape index (κ2) is 4.57. The molecule has 0 fully saturated rings. The van der Waals surface area contributed by atoms with Crippen LogP contribution < -0.4 is 4.57 Å². The van der Waals surface area contributed by atoms with Gasteiger partial charge in [-0.3, -0.25) is 0 Å². The maximum absolute atomic E-state index is 4.49. The van der Waals surface area contributed by atoms with Crippen molar-refractivity contribution >= 4 is 16.6 Å². The smallest absolute Gasteiger partial charge is 0.232 e. The van der Waals surface area contributed by atoms with Crippen LogP contribution in [0, 0.1) is 0 Å². The Morgan fingerprint density at radius 2 is 1.72 bits per heavy atom. The topological polar surface area (TPSA) is 26.1 Å². The highest BCUT2D eigenvalue weighted by Crippen LogP contribution is 2.35. The number of imidazole rings is 1. The van der Waals surface area contributed by atoms with Gasteiger partial charge in [-0.25, -0.2) is 9.08 Å². The average molecular weight is 323 g/mol. The Morgan fingerprint density at radius 1 is 0.880 bits per heavy atom. The highest BCUT2D eigenvalue weighted by Gasteiger charge is 2.36. The van der Waals surface area contributed by atoms with Crippen LogP contribution in [0.3, 0.4) is 0 Å². The molecule has 118 valence electrons. The molecule has 25 heavy (non-hydrogen) atoms. The van der Waals surface area contributed by atoms with E-state index in [-0.39, 0.29) is 0 Å². The molecule has 0 spiro atoms. The van der Waals surface area contributed by atoms with Crippen LogP contribution in [-0.4, -0.2) is 14.2 Å². The lowest BCUT2D eigenvalue weighted by atomic mass is 10.1. The van der Waals surface area contributed by atoms with Gasteiger partial charge in [0.2, 0.25) is 5.52 Å². The van der Waals surface area contributed by atoms with Crippen molar-refractivity contribution in [3.05, 3.63) is 84.7 Å². The zero-order valence-corrected chi connectivity index (χ0v) is 13.5. The number of para-hydroxylation sites is 1. The minimum atomic E-state index is 0.902. The van der Waals surface area contributed by atoms with E-state index in [9.17, 15) is 0 Å². The second-order valence-electron chi connectivity index (χ2n) is 6.45. The third kappa shape index (κ3) is 1.61. The second-order valence-corrected chi connectivity index (χ2v) is 6.45. The first-order chi connectivity index (χ1) is 12.4. The summed E-state index contributed by atoms with van der Waals surface area (Å²) in [7, 11) is 0. The number of rotatable bonds is 1. The van der Waals surface area contributed by atoms with Crippen LogP contribution in [-0.2, 0) is 6.54 Å². The van der Waals surface area contributed by atoms with Gasteiger partial charge in [-0.1, -0.05) is 36.4 Å². The van der Waals surface area contributed by atoms with Gasteiger partial charge in [0, 0.05) is 11.8 Å². The van der Waals surface area contributed by atoms with Crippen molar-refractivity contribution in [1.82, 2.24) is 14.2 Å². The Bertz CT molecular complexity index is 1260. The van der Waals surface area contributed by atoms with E-state index in [0.29, 0.717) is 0 Å². The van der Waals surface area contributed by atoms with Crippen LogP contribution >= 0.6 is 0 Å². The van der Waals surface area contributed by atoms with Gasteiger partial charge in [0.1, 0.15) is 17.7 Å². The van der Waals surface area contributed by atoms with E-state index < -0.39 is 0 Å². The largest absolute Gasteiger partial charge is 0.295 e. The van der Waals surface area contributed by atoms with Crippen LogP contribution in [0.2, 0.25) is 0 Å². The van der Waals surface area contributed by atoms with Crippen LogP contribution in [0.25, 0.3) is 33.6 Å². The lowest BCUT2D eigenvalue weighted by Gasteiger charge is -2.02. The maximum Gasteiger partial charge on any atom is 0.295 e. The fraction of sp³-hybridized carbons (Fsp3) is 0.0476. The molecule has 0 N–H and O–H groups in total. The van der Waals surface area contributed by atoms with E-state index in [0.717, 1.165) is 12.1 Å². The van der Waals surface area contributed by atoms with Gasteiger partial charge in [-0.05, 0) is 30.3 Å². The first-order valence-corrected chi connectivity index (χ1v) is 8.46. The van der Waals surface area contributed by atoms with Gasteiger partial charge < -0.3 is 0 Å². The fourth-order valence-corrected chi connectivity index (χ4v) is 4.05. The number of nitrogens with zero attached hydrogens (tertiary/aromatic N) is 4. The molecule has 3 aromatic heterocycles. The molecule has 1 aliphatic heterocycles. The van der Waals surface area contributed by atoms with Crippen molar-refractivity contribution < 1.29 is 4.57 Å². The molecular weight excluding hydrogens is 308 g/mol. The summed E-state index contributed by atoms with van der Waals surface area (Å²) in [6, 6.07) is 23.4. The summed E-state index contributed by atoms with van der Waals surface area (Å²) in [5, 5.41) is 4.49. The number of fused-ring (bicyclic) bond motifs is 7. The minimum absolute atomic E-state index is 0.902. The predicted octanol–water partition coefficient (Wildman–Crippen LogP) is 3.59. The van der Waals surface area contributed by atoms with Crippen LogP contribution in [0.5, 0.6) is 0 Å².